The lowest BCUT2D eigenvalue weighted by Crippen LogP contribution is -2.47. The molecule has 6 heteroatoms. The van der Waals surface area contributed by atoms with E-state index in [1.807, 2.05) is 23.2 Å². The van der Waals surface area contributed by atoms with E-state index in [9.17, 15) is 4.79 Å². The van der Waals surface area contributed by atoms with E-state index in [-0.39, 0.29) is 5.91 Å². The monoisotopic (exact) mass is 346 g/mol. The van der Waals surface area contributed by atoms with Crippen molar-refractivity contribution in [3.63, 3.8) is 0 Å². The SMILES string of the molecule is CCN(CC(=O)N1CCOCC1)CC1CCN(c2ccccn2)CC1. The second kappa shape index (κ2) is 9.15. The van der Waals surface area contributed by atoms with Crippen molar-refractivity contribution in [2.75, 3.05) is 63.9 Å². The van der Waals surface area contributed by atoms with Gasteiger partial charge in [-0.25, -0.2) is 4.98 Å². The number of amides is 1. The number of likely N-dealkylation sites (N-methyl/N-ethyl adjacent to an activating group) is 1. The number of ether oxygens (including phenoxy) is 1. The van der Waals surface area contributed by atoms with Crippen molar-refractivity contribution in [2.24, 2.45) is 5.92 Å². The standard InChI is InChI=1S/C19H30N4O2/c1-2-21(16-19(24)23-11-13-25-14-12-23)15-17-6-9-22(10-7-17)18-5-3-4-8-20-18/h3-5,8,17H,2,6-7,9-16H2,1H3. The minimum absolute atomic E-state index is 0.246. The molecule has 0 saturated carbocycles. The van der Waals surface area contributed by atoms with Crippen molar-refractivity contribution in [2.45, 2.75) is 19.8 Å². The molecule has 1 aromatic heterocycles. The van der Waals surface area contributed by atoms with Crippen LogP contribution in [0, 0.1) is 5.92 Å². The average Bonchev–Trinajstić information content (AvgIpc) is 2.69. The maximum absolute atomic E-state index is 12.5. The molecule has 2 aliphatic heterocycles. The van der Waals surface area contributed by atoms with Gasteiger partial charge in [0.05, 0.1) is 19.8 Å². The van der Waals surface area contributed by atoms with E-state index in [0.717, 1.165) is 45.1 Å². The number of hydrogen-bond donors (Lipinski definition) is 0. The van der Waals surface area contributed by atoms with Crippen LogP contribution in [-0.2, 0) is 9.53 Å². The molecule has 0 N–H and O–H groups in total. The molecule has 2 saturated heterocycles. The third kappa shape index (κ3) is 5.16. The Morgan fingerprint density at radius 3 is 2.64 bits per heavy atom. The highest BCUT2D eigenvalue weighted by Crippen LogP contribution is 2.22. The van der Waals surface area contributed by atoms with E-state index in [2.05, 4.69) is 27.8 Å². The Morgan fingerprint density at radius 1 is 1.24 bits per heavy atom. The number of anilines is 1. The fourth-order valence-electron chi connectivity index (χ4n) is 3.66. The zero-order chi connectivity index (χ0) is 17.5. The van der Waals surface area contributed by atoms with Crippen LogP contribution in [0.25, 0.3) is 0 Å². The van der Waals surface area contributed by atoms with Crippen molar-refractivity contribution in [3.8, 4) is 0 Å². The normalized spacial score (nSPS) is 19.4. The van der Waals surface area contributed by atoms with E-state index >= 15 is 0 Å². The van der Waals surface area contributed by atoms with Gasteiger partial charge in [-0.15, -0.1) is 0 Å². The second-order valence-corrected chi connectivity index (χ2v) is 6.94. The van der Waals surface area contributed by atoms with Crippen LogP contribution in [-0.4, -0.2) is 79.7 Å². The molecule has 0 aromatic carbocycles. The van der Waals surface area contributed by atoms with Crippen molar-refractivity contribution in [3.05, 3.63) is 24.4 Å². The summed E-state index contributed by atoms with van der Waals surface area (Å²) in [6.45, 7) is 9.55. The highest BCUT2D eigenvalue weighted by molar-refractivity contribution is 5.78. The van der Waals surface area contributed by atoms with E-state index < -0.39 is 0 Å². The Kier molecular flexibility index (Phi) is 6.64. The number of carbonyl (C=O) groups excluding carboxylic acids is 1. The Balaban J connectivity index is 1.44. The Bertz CT molecular complexity index is 525. The maximum Gasteiger partial charge on any atom is 0.236 e. The van der Waals surface area contributed by atoms with Crippen LogP contribution in [0.15, 0.2) is 24.4 Å². The lowest BCUT2D eigenvalue weighted by atomic mass is 9.96. The van der Waals surface area contributed by atoms with Gasteiger partial charge in [0.2, 0.25) is 5.91 Å². The number of hydrogen-bond acceptors (Lipinski definition) is 5. The summed E-state index contributed by atoms with van der Waals surface area (Å²) >= 11 is 0. The van der Waals surface area contributed by atoms with Crippen molar-refractivity contribution in [1.29, 1.82) is 0 Å². The number of piperidine rings is 1. The molecule has 0 spiro atoms. The van der Waals surface area contributed by atoms with Gasteiger partial charge >= 0.3 is 0 Å². The maximum atomic E-state index is 12.5. The number of rotatable bonds is 6. The lowest BCUT2D eigenvalue weighted by molar-refractivity contribution is -0.136. The minimum Gasteiger partial charge on any atom is -0.378 e. The topological polar surface area (TPSA) is 48.9 Å². The first kappa shape index (κ1) is 18.1. The van der Waals surface area contributed by atoms with Crippen LogP contribution in [0.1, 0.15) is 19.8 Å². The van der Waals surface area contributed by atoms with Crippen molar-refractivity contribution < 1.29 is 9.53 Å². The highest BCUT2D eigenvalue weighted by atomic mass is 16.5. The summed E-state index contributed by atoms with van der Waals surface area (Å²) in [6, 6.07) is 6.09. The molecule has 3 rings (SSSR count). The average molecular weight is 346 g/mol. The van der Waals surface area contributed by atoms with E-state index in [1.54, 1.807) is 0 Å². The first-order valence-corrected chi connectivity index (χ1v) is 9.50. The summed E-state index contributed by atoms with van der Waals surface area (Å²) in [5.74, 6) is 1.99. The van der Waals surface area contributed by atoms with Gasteiger partial charge in [0.1, 0.15) is 5.82 Å². The molecular weight excluding hydrogens is 316 g/mol. The molecule has 0 radical (unpaired) electrons. The van der Waals surface area contributed by atoms with Gasteiger partial charge in [0.15, 0.2) is 0 Å². The van der Waals surface area contributed by atoms with Gasteiger partial charge in [-0.3, -0.25) is 9.69 Å². The molecule has 1 amide bonds. The molecular formula is C19H30N4O2. The first-order chi connectivity index (χ1) is 12.3. The van der Waals surface area contributed by atoms with Gasteiger partial charge in [0.25, 0.3) is 0 Å². The van der Waals surface area contributed by atoms with Crippen LogP contribution in [0.4, 0.5) is 5.82 Å². The smallest absolute Gasteiger partial charge is 0.236 e. The number of nitrogens with zero attached hydrogens (tertiary/aromatic N) is 4. The van der Waals surface area contributed by atoms with Crippen molar-refractivity contribution in [1.82, 2.24) is 14.8 Å². The first-order valence-electron chi connectivity index (χ1n) is 9.50. The highest BCUT2D eigenvalue weighted by Gasteiger charge is 2.24. The fraction of sp³-hybridized carbons (Fsp3) is 0.684. The van der Waals surface area contributed by atoms with E-state index in [1.165, 1.54) is 12.8 Å². The molecule has 25 heavy (non-hydrogen) atoms. The third-order valence-corrected chi connectivity index (χ3v) is 5.27. The molecule has 2 aliphatic rings. The van der Waals surface area contributed by atoms with Gasteiger partial charge in [-0.2, -0.15) is 0 Å². The predicted molar refractivity (Wildman–Crippen MR) is 98.7 cm³/mol. The zero-order valence-electron chi connectivity index (χ0n) is 15.3. The van der Waals surface area contributed by atoms with Crippen LogP contribution >= 0.6 is 0 Å². The number of morpholine rings is 1. The summed E-state index contributed by atoms with van der Waals surface area (Å²) in [4.78, 5) is 23.5. The Morgan fingerprint density at radius 2 is 2.00 bits per heavy atom. The number of pyridine rings is 1. The van der Waals surface area contributed by atoms with Crippen molar-refractivity contribution >= 4 is 11.7 Å². The summed E-state index contributed by atoms with van der Waals surface area (Å²) < 4.78 is 5.33. The molecule has 6 nitrogen and oxygen atoms in total. The Labute approximate surface area is 150 Å². The zero-order valence-corrected chi connectivity index (χ0v) is 15.3. The molecule has 1 aromatic rings. The van der Waals surface area contributed by atoms with E-state index in [0.29, 0.717) is 25.7 Å². The summed E-state index contributed by atoms with van der Waals surface area (Å²) in [6.07, 6.45) is 4.19. The summed E-state index contributed by atoms with van der Waals surface area (Å²) in [5, 5.41) is 0. The number of carbonyl (C=O) groups is 1. The van der Waals surface area contributed by atoms with Crippen LogP contribution in [0.3, 0.4) is 0 Å². The molecule has 2 fully saturated rings. The van der Waals surface area contributed by atoms with Crippen LogP contribution < -0.4 is 4.90 Å². The van der Waals surface area contributed by atoms with Crippen LogP contribution in [0.2, 0.25) is 0 Å². The number of aromatic nitrogens is 1. The quantitative estimate of drug-likeness (QED) is 0.781. The Hall–Kier alpha value is -1.66. The second-order valence-electron chi connectivity index (χ2n) is 6.94. The van der Waals surface area contributed by atoms with Gasteiger partial charge in [-0.05, 0) is 37.4 Å². The molecule has 3 heterocycles. The van der Waals surface area contributed by atoms with E-state index in [4.69, 9.17) is 4.74 Å². The van der Waals surface area contributed by atoms with Gasteiger partial charge < -0.3 is 14.5 Å². The van der Waals surface area contributed by atoms with Gasteiger partial charge in [-0.1, -0.05) is 13.0 Å². The fourth-order valence-corrected chi connectivity index (χ4v) is 3.66. The summed E-state index contributed by atoms with van der Waals surface area (Å²) in [5.41, 5.74) is 0. The molecule has 0 unspecified atom stereocenters. The summed E-state index contributed by atoms with van der Waals surface area (Å²) in [7, 11) is 0. The molecule has 0 aliphatic carbocycles. The third-order valence-electron chi connectivity index (χ3n) is 5.27. The molecule has 138 valence electrons. The lowest BCUT2D eigenvalue weighted by Gasteiger charge is -2.36. The minimum atomic E-state index is 0.246. The molecule has 0 atom stereocenters. The largest absolute Gasteiger partial charge is 0.378 e. The van der Waals surface area contributed by atoms with Gasteiger partial charge in [0, 0.05) is 38.9 Å². The predicted octanol–water partition coefficient (Wildman–Crippen LogP) is 1.48. The molecule has 0 bridgehead atoms. The van der Waals surface area contributed by atoms with Crippen LogP contribution in [0.5, 0.6) is 0 Å².